The molecule has 0 radical (unpaired) electrons. The van der Waals surface area contributed by atoms with Crippen LogP contribution < -0.4 is 4.74 Å². The molecule has 6 nitrogen and oxygen atoms in total. The highest BCUT2D eigenvalue weighted by Crippen LogP contribution is 2.33. The number of ether oxygens (including phenoxy) is 1. The van der Waals surface area contributed by atoms with Crippen LogP contribution in [0.5, 0.6) is 5.75 Å². The fourth-order valence-electron chi connectivity index (χ4n) is 2.04. The number of methoxy groups -OCH3 is 1. The van der Waals surface area contributed by atoms with Crippen LogP contribution in [0.25, 0.3) is 11.1 Å². The Balaban J connectivity index is 2.71. The number of nitro benzene ring substituents is 1. The normalized spacial score (nSPS) is 10.2. The molecule has 0 bridgehead atoms. The van der Waals surface area contributed by atoms with E-state index in [9.17, 15) is 14.9 Å². The van der Waals surface area contributed by atoms with Crippen LogP contribution in [-0.2, 0) is 0 Å². The summed E-state index contributed by atoms with van der Waals surface area (Å²) in [5, 5.41) is 20.1. The van der Waals surface area contributed by atoms with E-state index in [1.165, 1.54) is 19.2 Å². The zero-order valence-corrected chi connectivity index (χ0v) is 11.5. The highest BCUT2D eigenvalue weighted by atomic mass is 16.6. The molecule has 0 aromatic heterocycles. The Labute approximate surface area is 120 Å². The van der Waals surface area contributed by atoms with E-state index in [0.717, 1.165) is 11.6 Å². The maximum atomic E-state index is 11.1. The van der Waals surface area contributed by atoms with Gasteiger partial charge >= 0.3 is 5.97 Å². The van der Waals surface area contributed by atoms with Crippen molar-refractivity contribution in [1.82, 2.24) is 0 Å². The highest BCUT2D eigenvalue weighted by Gasteiger charge is 2.16. The van der Waals surface area contributed by atoms with Crippen molar-refractivity contribution in [3.05, 3.63) is 57.6 Å². The lowest BCUT2D eigenvalue weighted by atomic mass is 9.99. The van der Waals surface area contributed by atoms with Gasteiger partial charge in [0, 0.05) is 17.7 Å². The first kappa shape index (κ1) is 14.5. The first-order chi connectivity index (χ1) is 9.92. The summed E-state index contributed by atoms with van der Waals surface area (Å²) >= 11 is 0. The molecule has 0 unspecified atom stereocenters. The second-order valence-electron chi connectivity index (χ2n) is 4.53. The van der Waals surface area contributed by atoms with Gasteiger partial charge in [0.05, 0.1) is 17.6 Å². The van der Waals surface area contributed by atoms with Crippen LogP contribution in [0.4, 0.5) is 5.69 Å². The van der Waals surface area contributed by atoms with E-state index in [-0.39, 0.29) is 11.3 Å². The van der Waals surface area contributed by atoms with Gasteiger partial charge < -0.3 is 9.84 Å². The van der Waals surface area contributed by atoms with E-state index in [0.29, 0.717) is 16.9 Å². The number of carboxylic acid groups (broad SMARTS) is 1. The van der Waals surface area contributed by atoms with Crippen molar-refractivity contribution in [2.45, 2.75) is 6.92 Å². The molecule has 0 heterocycles. The fourth-order valence-corrected chi connectivity index (χ4v) is 2.04. The number of aromatic carboxylic acids is 1. The fraction of sp³-hybridized carbons (Fsp3) is 0.133. The van der Waals surface area contributed by atoms with Gasteiger partial charge in [-0.15, -0.1) is 0 Å². The molecule has 0 amide bonds. The summed E-state index contributed by atoms with van der Waals surface area (Å²) in [5.74, 6) is -0.691. The Morgan fingerprint density at radius 3 is 2.52 bits per heavy atom. The molecule has 108 valence electrons. The van der Waals surface area contributed by atoms with Gasteiger partial charge in [0.15, 0.2) is 0 Å². The summed E-state index contributed by atoms with van der Waals surface area (Å²) in [6.45, 7) is 1.87. The van der Waals surface area contributed by atoms with Crippen molar-refractivity contribution in [3.63, 3.8) is 0 Å². The number of aryl methyl sites for hydroxylation is 1. The summed E-state index contributed by atoms with van der Waals surface area (Å²) in [7, 11) is 1.49. The summed E-state index contributed by atoms with van der Waals surface area (Å²) in [6.07, 6.45) is 0. The van der Waals surface area contributed by atoms with Gasteiger partial charge in [0.1, 0.15) is 5.75 Å². The molecule has 21 heavy (non-hydrogen) atoms. The van der Waals surface area contributed by atoms with Gasteiger partial charge in [-0.1, -0.05) is 11.6 Å². The van der Waals surface area contributed by atoms with Gasteiger partial charge in [0.25, 0.3) is 5.69 Å². The molecule has 0 spiro atoms. The second-order valence-corrected chi connectivity index (χ2v) is 4.53. The summed E-state index contributed by atoms with van der Waals surface area (Å²) in [4.78, 5) is 21.5. The predicted octanol–water partition coefficient (Wildman–Crippen LogP) is 3.28. The van der Waals surface area contributed by atoms with Crippen LogP contribution >= 0.6 is 0 Å². The van der Waals surface area contributed by atoms with Crippen molar-refractivity contribution in [3.8, 4) is 16.9 Å². The van der Waals surface area contributed by atoms with Gasteiger partial charge in [-0.2, -0.15) is 0 Å². The Bertz CT molecular complexity index is 692. The number of benzene rings is 2. The smallest absolute Gasteiger partial charge is 0.335 e. The maximum absolute atomic E-state index is 11.1. The summed E-state index contributed by atoms with van der Waals surface area (Å²) in [6, 6.07) is 9.15. The van der Waals surface area contributed by atoms with Crippen molar-refractivity contribution < 1.29 is 19.6 Å². The lowest BCUT2D eigenvalue weighted by Crippen LogP contribution is -2.00. The number of non-ortho nitro benzene ring substituents is 1. The molecule has 0 aliphatic heterocycles. The molecule has 0 atom stereocenters. The van der Waals surface area contributed by atoms with Crippen LogP contribution in [0.2, 0.25) is 0 Å². The van der Waals surface area contributed by atoms with E-state index >= 15 is 0 Å². The summed E-state index contributed by atoms with van der Waals surface area (Å²) < 4.78 is 5.24. The van der Waals surface area contributed by atoms with E-state index in [4.69, 9.17) is 9.84 Å². The largest absolute Gasteiger partial charge is 0.496 e. The van der Waals surface area contributed by atoms with Gasteiger partial charge in [0.2, 0.25) is 0 Å². The van der Waals surface area contributed by atoms with Crippen LogP contribution in [0, 0.1) is 17.0 Å². The molecule has 0 aliphatic carbocycles. The van der Waals surface area contributed by atoms with E-state index in [1.54, 1.807) is 12.1 Å². The monoisotopic (exact) mass is 287 g/mol. The Morgan fingerprint density at radius 2 is 1.95 bits per heavy atom. The minimum atomic E-state index is -1.22. The first-order valence-corrected chi connectivity index (χ1v) is 6.10. The topological polar surface area (TPSA) is 89.7 Å². The van der Waals surface area contributed by atoms with E-state index in [1.807, 2.05) is 13.0 Å². The molecule has 2 aromatic carbocycles. The SMILES string of the molecule is COc1ccc(C)cc1-c1cc(C(=O)O)cc([N+](=O)[O-])c1. The number of carbonyl (C=O) groups is 1. The van der Waals surface area contributed by atoms with Gasteiger partial charge in [-0.25, -0.2) is 4.79 Å². The molecule has 1 N–H and O–H groups in total. The highest BCUT2D eigenvalue weighted by molar-refractivity contribution is 5.91. The minimum Gasteiger partial charge on any atom is -0.496 e. The predicted molar refractivity (Wildman–Crippen MR) is 76.8 cm³/mol. The molecular formula is C15H13NO5. The minimum absolute atomic E-state index is 0.136. The number of rotatable bonds is 4. The summed E-state index contributed by atoms with van der Waals surface area (Å²) in [5.41, 5.74) is 1.58. The van der Waals surface area contributed by atoms with Crippen molar-refractivity contribution in [2.75, 3.05) is 7.11 Å². The molecular weight excluding hydrogens is 274 g/mol. The molecule has 2 rings (SSSR count). The lowest BCUT2D eigenvalue weighted by molar-refractivity contribution is -0.384. The molecule has 0 fully saturated rings. The average molecular weight is 287 g/mol. The molecule has 6 heteroatoms. The number of hydrogen-bond acceptors (Lipinski definition) is 4. The van der Waals surface area contributed by atoms with Crippen LogP contribution in [0.15, 0.2) is 36.4 Å². The number of hydrogen-bond donors (Lipinski definition) is 1. The quantitative estimate of drug-likeness (QED) is 0.688. The zero-order valence-electron chi connectivity index (χ0n) is 11.5. The van der Waals surface area contributed by atoms with Crippen LogP contribution in [0.1, 0.15) is 15.9 Å². The average Bonchev–Trinajstić information content (AvgIpc) is 2.46. The number of carboxylic acids is 1. The first-order valence-electron chi connectivity index (χ1n) is 6.10. The van der Waals surface area contributed by atoms with Crippen molar-refractivity contribution >= 4 is 11.7 Å². The van der Waals surface area contributed by atoms with Crippen LogP contribution in [0.3, 0.4) is 0 Å². The van der Waals surface area contributed by atoms with Crippen molar-refractivity contribution in [1.29, 1.82) is 0 Å². The van der Waals surface area contributed by atoms with Gasteiger partial charge in [-0.05, 0) is 30.7 Å². The standard InChI is InChI=1S/C15H13NO5/c1-9-3-4-14(21-2)13(5-9)10-6-11(15(17)18)8-12(7-10)16(19)20/h3-8H,1-2H3,(H,17,18). The Hall–Kier alpha value is -2.89. The molecule has 0 saturated heterocycles. The van der Waals surface area contributed by atoms with Crippen molar-refractivity contribution in [2.24, 2.45) is 0 Å². The van der Waals surface area contributed by atoms with E-state index < -0.39 is 10.9 Å². The third-order valence-corrected chi connectivity index (χ3v) is 3.04. The van der Waals surface area contributed by atoms with Crippen LogP contribution in [-0.4, -0.2) is 23.1 Å². The molecule has 0 saturated carbocycles. The Morgan fingerprint density at radius 1 is 1.24 bits per heavy atom. The third-order valence-electron chi connectivity index (χ3n) is 3.04. The number of nitro groups is 1. The third kappa shape index (κ3) is 3.00. The lowest BCUT2D eigenvalue weighted by Gasteiger charge is -2.10. The number of nitrogens with zero attached hydrogens (tertiary/aromatic N) is 1. The zero-order chi connectivity index (χ0) is 15.6. The van der Waals surface area contributed by atoms with E-state index in [2.05, 4.69) is 0 Å². The van der Waals surface area contributed by atoms with Gasteiger partial charge in [-0.3, -0.25) is 10.1 Å². The maximum Gasteiger partial charge on any atom is 0.335 e. The second kappa shape index (κ2) is 5.62. The Kier molecular flexibility index (Phi) is 3.89. The molecule has 0 aliphatic rings. The molecule has 2 aromatic rings.